The van der Waals surface area contributed by atoms with Crippen LogP contribution in [0, 0.1) is 0 Å². The number of rotatable bonds is 7. The van der Waals surface area contributed by atoms with Crippen molar-refractivity contribution in [3.63, 3.8) is 0 Å². The molecule has 1 amide bonds. The smallest absolute Gasteiger partial charge is 0.261 e. The maximum atomic E-state index is 12.6. The third-order valence-corrected chi connectivity index (χ3v) is 5.81. The van der Waals surface area contributed by atoms with E-state index in [-0.39, 0.29) is 17.1 Å². The summed E-state index contributed by atoms with van der Waals surface area (Å²) in [5.74, 6) is -0.255. The van der Waals surface area contributed by atoms with Crippen LogP contribution in [0.25, 0.3) is 10.8 Å². The van der Waals surface area contributed by atoms with Gasteiger partial charge < -0.3 is 4.74 Å². The van der Waals surface area contributed by atoms with E-state index in [0.29, 0.717) is 11.1 Å². The Labute approximate surface area is 172 Å². The van der Waals surface area contributed by atoms with Gasteiger partial charge in [0.1, 0.15) is 10.6 Å². The number of fused-ring (bicyclic) bond motifs is 1. The number of halogens is 1. The molecule has 0 aliphatic carbocycles. The summed E-state index contributed by atoms with van der Waals surface area (Å²) in [4.78, 5) is 14.4. The molecule has 6 nitrogen and oxygen atoms in total. The first kappa shape index (κ1) is 20.3. The second-order valence-electron chi connectivity index (χ2n) is 5.99. The molecule has 0 radical (unpaired) electrons. The van der Waals surface area contributed by atoms with E-state index in [0.717, 1.165) is 16.3 Å². The minimum Gasteiger partial charge on any atom is -0.492 e. The summed E-state index contributed by atoms with van der Waals surface area (Å²) in [5.41, 5.74) is 3.09. The van der Waals surface area contributed by atoms with Gasteiger partial charge in [-0.05, 0) is 41.5 Å². The van der Waals surface area contributed by atoms with E-state index in [2.05, 4.69) is 26.2 Å². The molecule has 0 spiro atoms. The van der Waals surface area contributed by atoms with Crippen LogP contribution >= 0.6 is 15.9 Å². The fraction of sp³-hybridized carbons (Fsp3) is 0.150. The van der Waals surface area contributed by atoms with Gasteiger partial charge in [0, 0.05) is 4.47 Å². The van der Waals surface area contributed by atoms with Gasteiger partial charge in [0.15, 0.2) is 0 Å². The lowest BCUT2D eigenvalue weighted by molar-refractivity contribution is -0.120. The number of nitrogens with one attached hydrogen (secondary N) is 2. The van der Waals surface area contributed by atoms with Crippen molar-refractivity contribution in [2.75, 3.05) is 6.61 Å². The summed E-state index contributed by atoms with van der Waals surface area (Å²) in [6.45, 7) is 2.08. The van der Waals surface area contributed by atoms with Crippen LogP contribution in [0.3, 0.4) is 0 Å². The van der Waals surface area contributed by atoms with Gasteiger partial charge in [-0.25, -0.2) is 8.42 Å². The lowest BCUT2D eigenvalue weighted by Crippen LogP contribution is -2.42. The van der Waals surface area contributed by atoms with Crippen molar-refractivity contribution in [1.82, 2.24) is 10.3 Å². The van der Waals surface area contributed by atoms with Crippen LogP contribution in [0.2, 0.25) is 0 Å². The zero-order valence-electron chi connectivity index (χ0n) is 15.1. The van der Waals surface area contributed by atoms with E-state index in [1.807, 2.05) is 42.5 Å². The number of hydrogen-bond donors (Lipinski definition) is 2. The number of benzene rings is 3. The first-order valence-electron chi connectivity index (χ1n) is 8.60. The average molecular weight is 463 g/mol. The number of sulfonamides is 1. The highest BCUT2D eigenvalue weighted by molar-refractivity contribution is 9.10. The van der Waals surface area contributed by atoms with Crippen molar-refractivity contribution in [3.05, 3.63) is 70.7 Å². The molecular weight excluding hydrogens is 444 g/mol. The quantitative estimate of drug-likeness (QED) is 0.525. The zero-order valence-corrected chi connectivity index (χ0v) is 17.5. The van der Waals surface area contributed by atoms with Gasteiger partial charge in [0.25, 0.3) is 10.0 Å². The molecule has 2 N–H and O–H groups in total. The van der Waals surface area contributed by atoms with Crippen molar-refractivity contribution in [1.29, 1.82) is 0 Å². The van der Waals surface area contributed by atoms with E-state index < -0.39 is 15.9 Å². The van der Waals surface area contributed by atoms with Gasteiger partial charge >= 0.3 is 0 Å². The van der Waals surface area contributed by atoms with Crippen LogP contribution in [0.15, 0.2) is 70.0 Å². The molecule has 0 heterocycles. The van der Waals surface area contributed by atoms with Crippen LogP contribution in [0.4, 0.5) is 0 Å². The molecule has 3 aromatic rings. The molecule has 3 rings (SSSR count). The maximum Gasteiger partial charge on any atom is 0.261 e. The second kappa shape index (κ2) is 8.72. The van der Waals surface area contributed by atoms with E-state index >= 15 is 0 Å². The maximum absolute atomic E-state index is 12.6. The monoisotopic (exact) mass is 462 g/mol. The van der Waals surface area contributed by atoms with Gasteiger partial charge in [0.05, 0.1) is 13.0 Å². The zero-order chi connectivity index (χ0) is 20.1. The van der Waals surface area contributed by atoms with Crippen molar-refractivity contribution in [2.45, 2.75) is 18.2 Å². The molecule has 0 aromatic heterocycles. The Bertz CT molecular complexity index is 1110. The van der Waals surface area contributed by atoms with Gasteiger partial charge in [-0.15, -0.1) is 4.83 Å². The molecule has 0 saturated carbocycles. The molecule has 3 aromatic carbocycles. The number of carbonyl (C=O) groups excluding carboxylic acids is 1. The lowest BCUT2D eigenvalue weighted by atomic mass is 10.0. The van der Waals surface area contributed by atoms with Crippen LogP contribution in [-0.4, -0.2) is 20.9 Å². The molecule has 146 valence electrons. The molecule has 0 aliphatic heterocycles. The fourth-order valence-corrected chi connectivity index (χ4v) is 4.35. The minimum atomic E-state index is -4.00. The third-order valence-electron chi connectivity index (χ3n) is 4.05. The Morgan fingerprint density at radius 1 is 1.07 bits per heavy atom. The lowest BCUT2D eigenvalue weighted by Gasteiger charge is -2.13. The Morgan fingerprint density at radius 2 is 1.82 bits per heavy atom. The molecule has 28 heavy (non-hydrogen) atoms. The molecule has 0 saturated heterocycles. The first-order valence-corrected chi connectivity index (χ1v) is 10.9. The van der Waals surface area contributed by atoms with Gasteiger partial charge in [0.2, 0.25) is 5.91 Å². The van der Waals surface area contributed by atoms with Gasteiger partial charge in [-0.1, -0.05) is 58.4 Å². The summed E-state index contributed by atoms with van der Waals surface area (Å²) in [6.07, 6.45) is 0.0423. The summed E-state index contributed by atoms with van der Waals surface area (Å²) >= 11 is 3.25. The molecule has 0 unspecified atom stereocenters. The largest absolute Gasteiger partial charge is 0.492 e. The topological polar surface area (TPSA) is 84.5 Å². The molecule has 0 bridgehead atoms. The van der Waals surface area contributed by atoms with Crippen LogP contribution in [-0.2, 0) is 21.2 Å². The third kappa shape index (κ3) is 4.70. The van der Waals surface area contributed by atoms with Crippen molar-refractivity contribution in [3.8, 4) is 5.75 Å². The molecule has 8 heteroatoms. The summed E-state index contributed by atoms with van der Waals surface area (Å²) < 4.78 is 31.2. The summed E-state index contributed by atoms with van der Waals surface area (Å²) in [7, 11) is -4.00. The van der Waals surface area contributed by atoms with Crippen molar-refractivity contribution in [2.24, 2.45) is 0 Å². The van der Waals surface area contributed by atoms with Crippen LogP contribution < -0.4 is 15.0 Å². The highest BCUT2D eigenvalue weighted by atomic mass is 79.9. The van der Waals surface area contributed by atoms with E-state index in [4.69, 9.17) is 4.74 Å². The number of carbonyl (C=O) groups is 1. The van der Waals surface area contributed by atoms with Gasteiger partial charge in [-0.3, -0.25) is 10.2 Å². The van der Waals surface area contributed by atoms with E-state index in [1.54, 1.807) is 19.1 Å². The predicted octanol–water partition coefficient (Wildman–Crippen LogP) is 3.55. The van der Waals surface area contributed by atoms with Gasteiger partial charge in [-0.2, -0.15) is 0 Å². The fourth-order valence-electron chi connectivity index (χ4n) is 2.81. The van der Waals surface area contributed by atoms with Crippen LogP contribution in [0.1, 0.15) is 12.5 Å². The van der Waals surface area contributed by atoms with E-state index in [9.17, 15) is 13.2 Å². The number of hydrazine groups is 1. The SMILES string of the molecule is CCOc1ccc(Br)cc1S(=O)(=O)NNC(=O)Cc1cccc2ccccc12. The number of ether oxygens (including phenoxy) is 1. The van der Waals surface area contributed by atoms with E-state index in [1.165, 1.54) is 6.07 Å². The first-order chi connectivity index (χ1) is 13.4. The van der Waals surface area contributed by atoms with Crippen LogP contribution in [0.5, 0.6) is 5.75 Å². The van der Waals surface area contributed by atoms with Crippen molar-refractivity contribution >= 4 is 42.6 Å². The van der Waals surface area contributed by atoms with Crippen molar-refractivity contribution < 1.29 is 17.9 Å². The highest BCUT2D eigenvalue weighted by Gasteiger charge is 2.21. The Morgan fingerprint density at radius 3 is 2.61 bits per heavy atom. The molecular formula is C20H19BrN2O4S. The standard InChI is InChI=1S/C20H19BrN2O4S/c1-2-27-18-11-10-16(21)13-19(18)28(25,26)23-22-20(24)12-15-8-5-7-14-6-3-4-9-17(14)15/h3-11,13,23H,2,12H2,1H3,(H,22,24). The second-order valence-corrected chi connectivity index (χ2v) is 8.56. The minimum absolute atomic E-state index is 0.0423. The summed E-state index contributed by atoms with van der Waals surface area (Å²) in [5, 5.41) is 1.97. The molecule has 0 fully saturated rings. The Kier molecular flexibility index (Phi) is 6.33. The predicted molar refractivity (Wildman–Crippen MR) is 111 cm³/mol. The number of hydrogen-bond acceptors (Lipinski definition) is 4. The Balaban J connectivity index is 1.74. The molecule has 0 aliphatic rings. The normalized spacial score (nSPS) is 11.4. The average Bonchev–Trinajstić information content (AvgIpc) is 2.68. The summed E-state index contributed by atoms with van der Waals surface area (Å²) in [6, 6.07) is 18.0. The Hall–Kier alpha value is -2.42. The molecule has 0 atom stereocenters. The highest BCUT2D eigenvalue weighted by Crippen LogP contribution is 2.27. The number of amides is 1.